The number of hydrogen-bond donors (Lipinski definition) is 3. The fourth-order valence-electron chi connectivity index (χ4n) is 12.9. The van der Waals surface area contributed by atoms with E-state index in [2.05, 4.69) is 41.5 Å². The van der Waals surface area contributed by atoms with Crippen molar-refractivity contribution in [1.29, 1.82) is 0 Å². The Morgan fingerprint density at radius 3 is 0.667 bits per heavy atom. The topological polar surface area (TPSA) is 237 Å². The van der Waals surface area contributed by atoms with E-state index < -0.39 is 97.5 Å². The van der Waals surface area contributed by atoms with E-state index in [1.54, 1.807) is 0 Å². The third kappa shape index (κ3) is 76.3. The summed E-state index contributed by atoms with van der Waals surface area (Å²) in [6.45, 7) is 9.67. The second-order valence-electron chi connectivity index (χ2n) is 30.8. The summed E-state index contributed by atoms with van der Waals surface area (Å²) in [6, 6.07) is 0. The quantitative estimate of drug-likeness (QED) is 0.0222. The van der Waals surface area contributed by atoms with Crippen LogP contribution in [0.2, 0.25) is 0 Å². The maximum absolute atomic E-state index is 13.1. The molecule has 0 aliphatic rings. The largest absolute Gasteiger partial charge is 0.472 e. The Hall–Kier alpha value is -1.94. The highest BCUT2D eigenvalue weighted by Gasteiger charge is 2.30. The van der Waals surface area contributed by atoms with Crippen molar-refractivity contribution in [2.24, 2.45) is 11.8 Å². The van der Waals surface area contributed by atoms with Gasteiger partial charge in [0, 0.05) is 25.7 Å². The fourth-order valence-corrected chi connectivity index (χ4v) is 14.5. The van der Waals surface area contributed by atoms with E-state index in [-0.39, 0.29) is 25.7 Å². The first-order valence-electron chi connectivity index (χ1n) is 43.0. The Kier molecular flexibility index (Phi) is 73.1. The average molecular weight is 1490 g/mol. The lowest BCUT2D eigenvalue weighted by Gasteiger charge is -2.21. The van der Waals surface area contributed by atoms with Crippen molar-refractivity contribution in [3.05, 3.63) is 0 Å². The number of phosphoric ester groups is 2. The van der Waals surface area contributed by atoms with Gasteiger partial charge in [0.15, 0.2) is 12.2 Å². The van der Waals surface area contributed by atoms with E-state index in [0.717, 1.165) is 102 Å². The number of unbranched alkanes of at least 4 members (excludes halogenated alkanes) is 52. The molecule has 0 aromatic rings. The summed E-state index contributed by atoms with van der Waals surface area (Å²) in [5, 5.41) is 10.7. The van der Waals surface area contributed by atoms with Gasteiger partial charge in [0.25, 0.3) is 0 Å². The van der Waals surface area contributed by atoms with Gasteiger partial charge in [0.2, 0.25) is 0 Å². The van der Waals surface area contributed by atoms with Gasteiger partial charge in [0.1, 0.15) is 19.3 Å². The third-order valence-corrected chi connectivity index (χ3v) is 21.4. The second kappa shape index (κ2) is 74.5. The standard InChI is InChI=1S/C83H162O17P2/c1-7-9-11-13-15-17-19-20-21-22-23-24-28-31-36-42-48-54-60-66-81(86)94-72-79(99-82(87)67-61-55-49-43-37-32-29-26-25-27-30-34-39-45-51-57-63-75(3)4)74-98-102(91,92)96-70-77(84)69-95-101(89,90)97-73-78(71-93-80(85)65-59-53-47-41-18-16-14-12-10-8-2)100-83(88)68-62-56-50-44-38-33-35-40-46-52-58-64-76(5)6/h75-79,84H,7-74H2,1-6H3,(H,89,90)(H,91,92)/t77-,78+,79+/m0/s1. The normalized spacial score (nSPS) is 13.9. The SMILES string of the molecule is CCCCCCCCCCCCCCCCCCCCCC(=O)OC[C@H](COP(=O)(O)OC[C@@H](O)COP(=O)(O)OC[C@@H](COC(=O)CCCCCCCCCCCC)OC(=O)CCCCCCCCCCCCCC(C)C)OC(=O)CCCCCCCCCCCCCCCCCCC(C)C. The van der Waals surface area contributed by atoms with Gasteiger partial charge in [-0.1, -0.05) is 388 Å². The number of carbonyl (C=O) groups excluding carboxylic acids is 4. The molecule has 102 heavy (non-hydrogen) atoms. The van der Waals surface area contributed by atoms with E-state index in [9.17, 15) is 43.2 Å². The van der Waals surface area contributed by atoms with Crippen LogP contribution in [0, 0.1) is 11.8 Å². The molecule has 0 spiro atoms. The minimum Gasteiger partial charge on any atom is -0.462 e. The second-order valence-corrected chi connectivity index (χ2v) is 33.7. The molecule has 5 atom stereocenters. The summed E-state index contributed by atoms with van der Waals surface area (Å²) in [4.78, 5) is 73.1. The molecule has 2 unspecified atom stereocenters. The molecule has 0 aromatic carbocycles. The van der Waals surface area contributed by atoms with E-state index >= 15 is 0 Å². The summed E-state index contributed by atoms with van der Waals surface area (Å²) < 4.78 is 68.8. The zero-order chi connectivity index (χ0) is 74.9. The molecule has 0 aliphatic carbocycles. The van der Waals surface area contributed by atoms with Crippen molar-refractivity contribution in [2.45, 2.75) is 458 Å². The first-order chi connectivity index (χ1) is 49.4. The molecule has 0 saturated heterocycles. The van der Waals surface area contributed by atoms with Crippen molar-refractivity contribution >= 4 is 39.5 Å². The van der Waals surface area contributed by atoms with Crippen molar-refractivity contribution in [3.8, 4) is 0 Å². The van der Waals surface area contributed by atoms with E-state index in [1.165, 1.54) is 257 Å². The number of hydrogen-bond acceptors (Lipinski definition) is 15. The van der Waals surface area contributed by atoms with Gasteiger partial charge in [-0.25, -0.2) is 9.13 Å². The molecule has 19 heteroatoms. The maximum atomic E-state index is 13.1. The Morgan fingerprint density at radius 1 is 0.265 bits per heavy atom. The Labute approximate surface area is 626 Å². The lowest BCUT2D eigenvalue weighted by Crippen LogP contribution is -2.30. The van der Waals surface area contributed by atoms with Crippen LogP contribution in [0.4, 0.5) is 0 Å². The van der Waals surface area contributed by atoms with Gasteiger partial charge in [-0.3, -0.25) is 37.3 Å². The van der Waals surface area contributed by atoms with Gasteiger partial charge in [-0.15, -0.1) is 0 Å². The molecule has 0 saturated carbocycles. The van der Waals surface area contributed by atoms with Crippen molar-refractivity contribution in [1.82, 2.24) is 0 Å². The number of aliphatic hydroxyl groups excluding tert-OH is 1. The number of aliphatic hydroxyl groups is 1. The summed E-state index contributed by atoms with van der Waals surface area (Å²) in [5.74, 6) is -0.531. The van der Waals surface area contributed by atoms with E-state index in [1.807, 2.05) is 0 Å². The molecular weight excluding hydrogens is 1330 g/mol. The van der Waals surface area contributed by atoms with Gasteiger partial charge >= 0.3 is 39.5 Å². The summed E-state index contributed by atoms with van der Waals surface area (Å²) >= 11 is 0. The monoisotopic (exact) mass is 1490 g/mol. The van der Waals surface area contributed by atoms with Crippen LogP contribution in [0.3, 0.4) is 0 Å². The molecule has 0 fully saturated rings. The zero-order valence-corrected chi connectivity index (χ0v) is 68.7. The molecule has 0 amide bonds. The molecule has 0 heterocycles. The zero-order valence-electron chi connectivity index (χ0n) is 66.9. The van der Waals surface area contributed by atoms with Crippen LogP contribution in [0.5, 0.6) is 0 Å². The summed E-state index contributed by atoms with van der Waals surface area (Å²) in [7, 11) is -9.92. The first-order valence-corrected chi connectivity index (χ1v) is 46.0. The highest BCUT2D eigenvalue weighted by molar-refractivity contribution is 7.47. The van der Waals surface area contributed by atoms with Crippen LogP contribution in [-0.2, 0) is 65.4 Å². The predicted octanol–water partition coefficient (Wildman–Crippen LogP) is 25.1. The Morgan fingerprint density at radius 2 is 0.451 bits per heavy atom. The van der Waals surface area contributed by atoms with E-state index in [4.69, 9.17) is 37.0 Å². The lowest BCUT2D eigenvalue weighted by molar-refractivity contribution is -0.161. The molecule has 17 nitrogen and oxygen atoms in total. The van der Waals surface area contributed by atoms with Crippen LogP contribution in [-0.4, -0.2) is 96.7 Å². The number of ether oxygens (including phenoxy) is 4. The first kappa shape index (κ1) is 100. The summed E-state index contributed by atoms with van der Waals surface area (Å²) in [5.41, 5.74) is 0. The molecule has 0 bridgehead atoms. The molecule has 606 valence electrons. The fraction of sp³-hybridized carbons (Fsp3) is 0.952. The molecule has 0 rings (SSSR count). The van der Waals surface area contributed by atoms with Crippen LogP contribution in [0.1, 0.15) is 440 Å². The Bertz CT molecular complexity index is 1960. The molecular formula is C83H162O17P2. The van der Waals surface area contributed by atoms with Crippen LogP contribution < -0.4 is 0 Å². The van der Waals surface area contributed by atoms with Crippen molar-refractivity contribution in [2.75, 3.05) is 39.6 Å². The smallest absolute Gasteiger partial charge is 0.462 e. The average Bonchev–Trinajstić information content (AvgIpc) is 0.912. The van der Waals surface area contributed by atoms with Crippen LogP contribution in [0.15, 0.2) is 0 Å². The maximum Gasteiger partial charge on any atom is 0.472 e. The number of esters is 4. The molecule has 0 radical (unpaired) electrons. The molecule has 3 N–H and O–H groups in total. The van der Waals surface area contributed by atoms with Gasteiger partial charge in [-0.2, -0.15) is 0 Å². The Balaban J connectivity index is 5.23. The highest BCUT2D eigenvalue weighted by Crippen LogP contribution is 2.45. The summed E-state index contributed by atoms with van der Waals surface area (Å²) in [6.07, 6.45) is 65.2. The minimum absolute atomic E-state index is 0.107. The highest BCUT2D eigenvalue weighted by atomic mass is 31.2. The molecule has 0 aromatic heterocycles. The predicted molar refractivity (Wildman–Crippen MR) is 418 cm³/mol. The van der Waals surface area contributed by atoms with Gasteiger partial charge in [0.05, 0.1) is 26.4 Å². The van der Waals surface area contributed by atoms with Crippen molar-refractivity contribution in [3.63, 3.8) is 0 Å². The van der Waals surface area contributed by atoms with Gasteiger partial charge in [-0.05, 0) is 37.5 Å². The van der Waals surface area contributed by atoms with Crippen molar-refractivity contribution < 1.29 is 80.2 Å². The minimum atomic E-state index is -4.96. The van der Waals surface area contributed by atoms with Gasteiger partial charge < -0.3 is 33.8 Å². The number of carbonyl (C=O) groups is 4. The third-order valence-electron chi connectivity index (χ3n) is 19.5. The molecule has 0 aliphatic heterocycles. The number of phosphoric acid groups is 2. The lowest BCUT2D eigenvalue weighted by atomic mass is 10.0. The number of rotatable bonds is 82. The van der Waals surface area contributed by atoms with Crippen LogP contribution >= 0.6 is 15.6 Å². The van der Waals surface area contributed by atoms with Crippen LogP contribution in [0.25, 0.3) is 0 Å². The van der Waals surface area contributed by atoms with E-state index in [0.29, 0.717) is 25.7 Å².